The minimum Gasteiger partial charge on any atom is -0.380 e. The predicted octanol–water partition coefficient (Wildman–Crippen LogP) is 3.01. The number of hydrogen-bond donors (Lipinski definition) is 3. The van der Waals surface area contributed by atoms with Gasteiger partial charge in [-0.3, -0.25) is 14.3 Å². The molecule has 1 aliphatic carbocycles. The average Bonchev–Trinajstić information content (AvgIpc) is 3.29. The van der Waals surface area contributed by atoms with Crippen LogP contribution < -0.4 is 15.5 Å². The van der Waals surface area contributed by atoms with Crippen LogP contribution in [0.2, 0.25) is 0 Å². The van der Waals surface area contributed by atoms with Crippen molar-refractivity contribution in [1.29, 1.82) is 0 Å². The summed E-state index contributed by atoms with van der Waals surface area (Å²) < 4.78 is 20.6. The number of fused-ring (bicyclic) bond motifs is 1. The van der Waals surface area contributed by atoms with Gasteiger partial charge in [0.2, 0.25) is 23.8 Å². The highest BCUT2D eigenvalue weighted by Gasteiger charge is 2.41. The number of nitrogens with zero attached hydrogens (tertiary/aromatic N) is 6. The van der Waals surface area contributed by atoms with Crippen LogP contribution in [-0.2, 0) is 14.9 Å². The van der Waals surface area contributed by atoms with Gasteiger partial charge >= 0.3 is 0 Å². The van der Waals surface area contributed by atoms with Crippen molar-refractivity contribution in [3.63, 3.8) is 0 Å². The first kappa shape index (κ1) is 22.4. The van der Waals surface area contributed by atoms with Gasteiger partial charge in [0.15, 0.2) is 5.82 Å². The summed E-state index contributed by atoms with van der Waals surface area (Å²) in [5.41, 5.74) is 2.34. The molecule has 1 saturated carbocycles. The Hall–Kier alpha value is -4.06. The SMILES string of the molecule is CO[C@H]1C[C@@H](C(=O)Nc2ccc(F)nc2)N(c2nc(Nc3cc(C4(C)CC4)[nH]n3)n3cccc3n2)C1. The van der Waals surface area contributed by atoms with Gasteiger partial charge in [-0.2, -0.15) is 19.5 Å². The molecule has 5 heterocycles. The number of H-pyrrole nitrogens is 1. The fourth-order valence-corrected chi connectivity index (χ4v) is 4.51. The molecule has 12 heteroatoms. The molecule has 0 aromatic carbocycles. The zero-order valence-corrected chi connectivity index (χ0v) is 19.9. The van der Waals surface area contributed by atoms with Crippen molar-refractivity contribution in [1.82, 2.24) is 29.5 Å². The number of rotatable bonds is 7. The van der Waals surface area contributed by atoms with Crippen LogP contribution in [0, 0.1) is 5.95 Å². The lowest BCUT2D eigenvalue weighted by atomic mass is 10.1. The summed E-state index contributed by atoms with van der Waals surface area (Å²) in [5, 5.41) is 13.7. The van der Waals surface area contributed by atoms with E-state index >= 15 is 0 Å². The number of pyridine rings is 1. The van der Waals surface area contributed by atoms with Gasteiger partial charge < -0.3 is 20.3 Å². The number of carbonyl (C=O) groups is 1. The topological polar surface area (TPSA) is 125 Å². The summed E-state index contributed by atoms with van der Waals surface area (Å²) in [4.78, 5) is 28.1. The number of ether oxygens (including phenoxy) is 1. The maximum Gasteiger partial charge on any atom is 0.247 e. The zero-order valence-electron chi connectivity index (χ0n) is 19.9. The molecular formula is C24H26FN9O2. The fraction of sp³-hybridized carbons (Fsp3) is 0.375. The molecule has 11 nitrogen and oxygen atoms in total. The molecule has 2 fully saturated rings. The minimum absolute atomic E-state index is 0.165. The Labute approximate surface area is 206 Å². The van der Waals surface area contributed by atoms with Gasteiger partial charge in [-0.25, -0.2) is 4.98 Å². The van der Waals surface area contributed by atoms with Crippen molar-refractivity contribution in [3.05, 3.63) is 54.4 Å². The molecule has 1 amide bonds. The molecule has 1 saturated heterocycles. The van der Waals surface area contributed by atoms with Crippen LogP contribution >= 0.6 is 0 Å². The van der Waals surface area contributed by atoms with Crippen molar-refractivity contribution in [3.8, 4) is 0 Å². The lowest BCUT2D eigenvalue weighted by Gasteiger charge is -2.24. The maximum atomic E-state index is 13.2. The van der Waals surface area contributed by atoms with Crippen LogP contribution in [0.3, 0.4) is 0 Å². The van der Waals surface area contributed by atoms with Gasteiger partial charge in [-0.15, -0.1) is 0 Å². The standard InChI is InChI=1S/C24H26FN9O2/c1-24(7-8-24)17-11-19(32-31-17)28-22-30-23(29-20-4-3-9-33(20)22)34-13-15(36-2)10-16(34)21(35)27-14-5-6-18(25)26-12-14/h3-6,9,11-12,15-16H,7-8,10,13H2,1-2H3,(H,27,35)(H2,28,29,30,31,32)/t15-,16-/m0/s1. The summed E-state index contributed by atoms with van der Waals surface area (Å²) in [6.07, 6.45) is 5.71. The van der Waals surface area contributed by atoms with Crippen LogP contribution in [0.25, 0.3) is 5.65 Å². The molecule has 4 aromatic rings. The molecule has 0 spiro atoms. The molecule has 0 bridgehead atoms. The van der Waals surface area contributed by atoms with E-state index in [1.54, 1.807) is 7.11 Å². The number of aromatic amines is 1. The largest absolute Gasteiger partial charge is 0.380 e. The smallest absolute Gasteiger partial charge is 0.247 e. The first-order chi connectivity index (χ1) is 17.4. The van der Waals surface area contributed by atoms with E-state index in [1.807, 2.05) is 33.7 Å². The van der Waals surface area contributed by atoms with Crippen molar-refractivity contribution < 1.29 is 13.9 Å². The predicted molar refractivity (Wildman–Crippen MR) is 131 cm³/mol. The third kappa shape index (κ3) is 4.13. The second kappa shape index (κ2) is 8.55. The van der Waals surface area contributed by atoms with Gasteiger partial charge in [0.1, 0.15) is 11.7 Å². The lowest BCUT2D eigenvalue weighted by molar-refractivity contribution is -0.117. The number of aromatic nitrogens is 6. The summed E-state index contributed by atoms with van der Waals surface area (Å²) in [6, 6.07) is 7.85. The lowest BCUT2D eigenvalue weighted by Crippen LogP contribution is -2.40. The number of amides is 1. The van der Waals surface area contributed by atoms with Crippen molar-refractivity contribution in [2.24, 2.45) is 0 Å². The zero-order chi connectivity index (χ0) is 24.9. The van der Waals surface area contributed by atoms with E-state index in [0.29, 0.717) is 42.0 Å². The Morgan fingerprint density at radius 1 is 1.28 bits per heavy atom. The van der Waals surface area contributed by atoms with Gasteiger partial charge in [0, 0.05) is 43.4 Å². The van der Waals surface area contributed by atoms with Crippen LogP contribution in [0.5, 0.6) is 0 Å². The molecule has 36 heavy (non-hydrogen) atoms. The summed E-state index contributed by atoms with van der Waals surface area (Å²) >= 11 is 0. The number of methoxy groups -OCH3 is 1. The Kier molecular flexibility index (Phi) is 5.32. The number of hydrogen-bond acceptors (Lipinski definition) is 8. The van der Waals surface area contributed by atoms with Crippen LogP contribution in [-0.4, -0.2) is 61.3 Å². The number of carbonyl (C=O) groups excluding carboxylic acids is 1. The van der Waals surface area contributed by atoms with E-state index in [0.717, 1.165) is 18.5 Å². The van der Waals surface area contributed by atoms with E-state index in [9.17, 15) is 9.18 Å². The van der Waals surface area contributed by atoms with Crippen LogP contribution in [0.1, 0.15) is 31.9 Å². The molecule has 2 atom stereocenters. The van der Waals surface area contributed by atoms with Gasteiger partial charge in [0.25, 0.3) is 0 Å². The van der Waals surface area contributed by atoms with E-state index in [-0.39, 0.29) is 17.4 Å². The minimum atomic E-state index is -0.612. The highest BCUT2D eigenvalue weighted by atomic mass is 19.1. The fourth-order valence-electron chi connectivity index (χ4n) is 4.51. The Morgan fingerprint density at radius 2 is 2.14 bits per heavy atom. The molecule has 4 aromatic heterocycles. The van der Waals surface area contributed by atoms with Gasteiger partial charge in [-0.1, -0.05) is 6.92 Å². The van der Waals surface area contributed by atoms with E-state index in [2.05, 4.69) is 32.7 Å². The van der Waals surface area contributed by atoms with E-state index < -0.39 is 12.0 Å². The quantitative estimate of drug-likeness (QED) is 0.337. The number of nitrogens with one attached hydrogen (secondary N) is 3. The monoisotopic (exact) mass is 491 g/mol. The first-order valence-electron chi connectivity index (χ1n) is 11.8. The van der Waals surface area contributed by atoms with Gasteiger partial charge in [-0.05, 0) is 37.1 Å². The summed E-state index contributed by atoms with van der Waals surface area (Å²) in [6.45, 7) is 2.65. The summed E-state index contributed by atoms with van der Waals surface area (Å²) in [7, 11) is 1.62. The highest BCUT2D eigenvalue weighted by molar-refractivity contribution is 5.97. The molecule has 0 radical (unpaired) electrons. The van der Waals surface area contributed by atoms with Crippen LogP contribution in [0.15, 0.2) is 42.7 Å². The summed E-state index contributed by atoms with van der Waals surface area (Å²) in [5.74, 6) is 0.699. The second-order valence-electron chi connectivity index (χ2n) is 9.56. The van der Waals surface area contributed by atoms with Gasteiger partial charge in [0.05, 0.1) is 18.0 Å². The highest BCUT2D eigenvalue weighted by Crippen LogP contribution is 2.47. The molecule has 3 N–H and O–H groups in total. The number of halogens is 1. The molecule has 2 aliphatic rings. The van der Waals surface area contributed by atoms with Crippen molar-refractivity contribution in [2.45, 2.75) is 43.7 Å². The van der Waals surface area contributed by atoms with Crippen LogP contribution in [0.4, 0.5) is 27.8 Å². The van der Waals surface area contributed by atoms with Crippen molar-refractivity contribution >= 4 is 35.0 Å². The van der Waals surface area contributed by atoms with E-state index in [1.165, 1.54) is 18.3 Å². The molecule has 1 aliphatic heterocycles. The normalized spacial score (nSPS) is 20.6. The second-order valence-corrected chi connectivity index (χ2v) is 9.56. The Bertz CT molecular complexity index is 1410. The van der Waals surface area contributed by atoms with Crippen molar-refractivity contribution in [2.75, 3.05) is 29.2 Å². The Morgan fingerprint density at radius 3 is 2.89 bits per heavy atom. The maximum absolute atomic E-state index is 13.2. The number of anilines is 4. The molecule has 186 valence electrons. The first-order valence-corrected chi connectivity index (χ1v) is 11.8. The molecule has 0 unspecified atom stereocenters. The molecule has 6 rings (SSSR count). The van der Waals surface area contributed by atoms with E-state index in [4.69, 9.17) is 14.7 Å². The third-order valence-electron chi connectivity index (χ3n) is 6.99. The molecular weight excluding hydrogens is 465 g/mol. The Balaban J connectivity index is 1.30. The average molecular weight is 492 g/mol. The third-order valence-corrected chi connectivity index (χ3v) is 6.99.